The third-order valence-corrected chi connectivity index (χ3v) is 4.04. The lowest BCUT2D eigenvalue weighted by Gasteiger charge is -2.30. The van der Waals surface area contributed by atoms with Crippen LogP contribution in [0.4, 0.5) is 0 Å². The minimum absolute atomic E-state index is 0.116. The molecule has 0 amide bonds. The Morgan fingerprint density at radius 3 is 2.38 bits per heavy atom. The van der Waals surface area contributed by atoms with Crippen molar-refractivity contribution in [3.05, 3.63) is 29.8 Å². The van der Waals surface area contributed by atoms with Gasteiger partial charge in [-0.25, -0.2) is 0 Å². The SMILES string of the molecule is CC(C)CCOc1ccc(C(C#N)N2CCCCC2)cc1. The first kappa shape index (κ1) is 15.9. The van der Waals surface area contributed by atoms with Gasteiger partial charge >= 0.3 is 0 Å². The largest absolute Gasteiger partial charge is 0.494 e. The molecule has 1 fully saturated rings. The van der Waals surface area contributed by atoms with E-state index in [0.717, 1.165) is 37.4 Å². The lowest BCUT2D eigenvalue weighted by Crippen LogP contribution is -2.33. The van der Waals surface area contributed by atoms with Gasteiger partial charge in [0.05, 0.1) is 12.7 Å². The van der Waals surface area contributed by atoms with Crippen molar-refractivity contribution in [1.82, 2.24) is 4.90 Å². The second kappa shape index (κ2) is 8.05. The van der Waals surface area contributed by atoms with Crippen molar-refractivity contribution in [2.45, 2.75) is 45.6 Å². The van der Waals surface area contributed by atoms with Gasteiger partial charge in [0.2, 0.25) is 0 Å². The zero-order valence-corrected chi connectivity index (χ0v) is 13.2. The molecular formula is C18H26N2O. The lowest BCUT2D eigenvalue weighted by atomic mass is 10.0. The zero-order valence-electron chi connectivity index (χ0n) is 13.2. The van der Waals surface area contributed by atoms with Gasteiger partial charge in [-0.3, -0.25) is 4.90 Å². The minimum Gasteiger partial charge on any atom is -0.494 e. The quantitative estimate of drug-likeness (QED) is 0.787. The van der Waals surface area contributed by atoms with E-state index >= 15 is 0 Å². The van der Waals surface area contributed by atoms with E-state index in [1.54, 1.807) is 0 Å². The Balaban J connectivity index is 1.94. The van der Waals surface area contributed by atoms with Gasteiger partial charge in [0.25, 0.3) is 0 Å². The van der Waals surface area contributed by atoms with E-state index in [1.807, 2.05) is 24.3 Å². The van der Waals surface area contributed by atoms with Crippen LogP contribution < -0.4 is 4.74 Å². The summed E-state index contributed by atoms with van der Waals surface area (Å²) in [6, 6.07) is 10.4. The topological polar surface area (TPSA) is 36.3 Å². The van der Waals surface area contributed by atoms with Crippen LogP contribution in [-0.4, -0.2) is 24.6 Å². The maximum Gasteiger partial charge on any atom is 0.123 e. The number of nitrogens with zero attached hydrogens (tertiary/aromatic N) is 2. The lowest BCUT2D eigenvalue weighted by molar-refractivity contribution is 0.196. The predicted molar refractivity (Wildman–Crippen MR) is 85.2 cm³/mol. The highest BCUT2D eigenvalue weighted by atomic mass is 16.5. The van der Waals surface area contributed by atoms with Gasteiger partial charge in [-0.05, 0) is 56.0 Å². The molecule has 1 aromatic carbocycles. The standard InChI is InChI=1S/C18H26N2O/c1-15(2)10-13-21-17-8-6-16(7-9-17)18(14-19)20-11-4-3-5-12-20/h6-9,15,18H,3-5,10-13H2,1-2H3. The smallest absolute Gasteiger partial charge is 0.123 e. The average molecular weight is 286 g/mol. The van der Waals surface area contributed by atoms with Crippen LogP contribution in [0.15, 0.2) is 24.3 Å². The third-order valence-electron chi connectivity index (χ3n) is 4.04. The Hall–Kier alpha value is -1.53. The summed E-state index contributed by atoms with van der Waals surface area (Å²) >= 11 is 0. The molecule has 21 heavy (non-hydrogen) atoms. The van der Waals surface area contributed by atoms with Gasteiger partial charge in [0.15, 0.2) is 0 Å². The average Bonchev–Trinajstić information content (AvgIpc) is 2.50. The predicted octanol–water partition coefficient (Wildman–Crippen LogP) is 4.16. The van der Waals surface area contributed by atoms with E-state index in [4.69, 9.17) is 4.74 Å². The molecule has 0 spiro atoms. The van der Waals surface area contributed by atoms with Crippen molar-refractivity contribution in [2.24, 2.45) is 5.92 Å². The molecule has 1 atom stereocenters. The van der Waals surface area contributed by atoms with Gasteiger partial charge in [0.1, 0.15) is 11.8 Å². The molecule has 2 rings (SSSR count). The van der Waals surface area contributed by atoms with Crippen molar-refractivity contribution >= 4 is 0 Å². The van der Waals surface area contributed by atoms with Gasteiger partial charge in [-0.2, -0.15) is 5.26 Å². The highest BCUT2D eigenvalue weighted by molar-refractivity contribution is 5.31. The molecule has 1 saturated heterocycles. The Bertz CT molecular complexity index is 455. The Labute approximate surface area is 128 Å². The number of hydrogen-bond acceptors (Lipinski definition) is 3. The summed E-state index contributed by atoms with van der Waals surface area (Å²) in [6.07, 6.45) is 4.76. The molecule has 1 aliphatic rings. The molecule has 1 aromatic rings. The fourth-order valence-electron chi connectivity index (χ4n) is 2.70. The molecular weight excluding hydrogens is 260 g/mol. The molecule has 3 heteroatoms. The van der Waals surface area contributed by atoms with E-state index < -0.39 is 0 Å². The summed E-state index contributed by atoms with van der Waals surface area (Å²) in [6.45, 7) is 7.21. The Morgan fingerprint density at radius 1 is 1.14 bits per heavy atom. The molecule has 0 N–H and O–H groups in total. The molecule has 1 heterocycles. The second-order valence-corrected chi connectivity index (χ2v) is 6.23. The summed E-state index contributed by atoms with van der Waals surface area (Å²) in [7, 11) is 0. The van der Waals surface area contributed by atoms with E-state index in [-0.39, 0.29) is 6.04 Å². The highest BCUT2D eigenvalue weighted by Crippen LogP contribution is 2.25. The van der Waals surface area contributed by atoms with E-state index in [1.165, 1.54) is 19.3 Å². The fourth-order valence-corrected chi connectivity index (χ4v) is 2.70. The van der Waals surface area contributed by atoms with Crippen molar-refractivity contribution in [2.75, 3.05) is 19.7 Å². The summed E-state index contributed by atoms with van der Waals surface area (Å²) < 4.78 is 5.73. The number of ether oxygens (including phenoxy) is 1. The third kappa shape index (κ3) is 4.75. The summed E-state index contributed by atoms with van der Waals surface area (Å²) in [5.74, 6) is 1.56. The van der Waals surface area contributed by atoms with Crippen LogP contribution in [0, 0.1) is 17.2 Å². The van der Waals surface area contributed by atoms with Crippen molar-refractivity contribution < 1.29 is 4.74 Å². The van der Waals surface area contributed by atoms with E-state index in [9.17, 15) is 5.26 Å². The van der Waals surface area contributed by atoms with Crippen LogP contribution in [0.5, 0.6) is 5.75 Å². The van der Waals surface area contributed by atoms with Crippen molar-refractivity contribution in [3.63, 3.8) is 0 Å². The molecule has 0 saturated carbocycles. The summed E-state index contributed by atoms with van der Waals surface area (Å²) in [4.78, 5) is 2.29. The number of likely N-dealkylation sites (tertiary alicyclic amines) is 1. The summed E-state index contributed by atoms with van der Waals surface area (Å²) in [5.41, 5.74) is 1.08. The van der Waals surface area contributed by atoms with Crippen molar-refractivity contribution in [3.8, 4) is 11.8 Å². The molecule has 1 unspecified atom stereocenters. The fraction of sp³-hybridized carbons (Fsp3) is 0.611. The van der Waals surface area contributed by atoms with Gasteiger partial charge < -0.3 is 4.74 Å². The first-order valence-electron chi connectivity index (χ1n) is 8.07. The summed E-state index contributed by atoms with van der Waals surface area (Å²) in [5, 5.41) is 9.48. The number of rotatable bonds is 6. The monoisotopic (exact) mass is 286 g/mol. The maximum atomic E-state index is 9.48. The molecule has 0 radical (unpaired) electrons. The first-order valence-corrected chi connectivity index (χ1v) is 8.07. The second-order valence-electron chi connectivity index (χ2n) is 6.23. The van der Waals surface area contributed by atoms with Crippen LogP contribution in [0.1, 0.15) is 51.1 Å². The van der Waals surface area contributed by atoms with Crippen LogP contribution in [0.25, 0.3) is 0 Å². The zero-order chi connectivity index (χ0) is 15.1. The molecule has 0 bridgehead atoms. The highest BCUT2D eigenvalue weighted by Gasteiger charge is 2.21. The minimum atomic E-state index is -0.116. The Morgan fingerprint density at radius 2 is 1.81 bits per heavy atom. The maximum absolute atomic E-state index is 9.48. The van der Waals surface area contributed by atoms with Gasteiger partial charge in [-0.1, -0.05) is 32.4 Å². The molecule has 0 aliphatic carbocycles. The number of piperidine rings is 1. The van der Waals surface area contributed by atoms with E-state index in [2.05, 4.69) is 24.8 Å². The van der Waals surface area contributed by atoms with Crippen LogP contribution >= 0.6 is 0 Å². The number of nitriles is 1. The van der Waals surface area contributed by atoms with Gasteiger partial charge in [0, 0.05) is 0 Å². The number of benzene rings is 1. The van der Waals surface area contributed by atoms with Gasteiger partial charge in [-0.15, -0.1) is 0 Å². The molecule has 1 aliphatic heterocycles. The normalized spacial score (nSPS) is 17.4. The molecule has 114 valence electrons. The van der Waals surface area contributed by atoms with E-state index in [0.29, 0.717) is 5.92 Å². The van der Waals surface area contributed by atoms with Crippen LogP contribution in [0.3, 0.4) is 0 Å². The van der Waals surface area contributed by atoms with Crippen LogP contribution in [0.2, 0.25) is 0 Å². The number of hydrogen-bond donors (Lipinski definition) is 0. The van der Waals surface area contributed by atoms with Crippen molar-refractivity contribution in [1.29, 1.82) is 5.26 Å². The van der Waals surface area contributed by atoms with Crippen LogP contribution in [-0.2, 0) is 0 Å². The molecule has 3 nitrogen and oxygen atoms in total. The molecule has 0 aromatic heterocycles. The first-order chi connectivity index (χ1) is 10.2. The Kier molecular flexibility index (Phi) is 6.07.